The molecule has 0 saturated carbocycles. The first kappa shape index (κ1) is 74.3. The summed E-state index contributed by atoms with van der Waals surface area (Å²) in [4.78, 5) is 38.4. The predicted octanol–water partition coefficient (Wildman–Crippen LogP) is 22.8. The van der Waals surface area contributed by atoms with Crippen LogP contribution in [0.3, 0.4) is 0 Å². The van der Waals surface area contributed by atoms with Gasteiger partial charge >= 0.3 is 17.9 Å². The molecular formula is C72H124O6. The number of carbonyl (C=O) groups excluding carboxylic acids is 3. The first-order chi connectivity index (χ1) is 38.5. The van der Waals surface area contributed by atoms with Crippen LogP contribution in [0.25, 0.3) is 0 Å². The normalized spacial score (nSPS) is 12.7. The second kappa shape index (κ2) is 65.8. The average molecular weight is 1090 g/mol. The van der Waals surface area contributed by atoms with E-state index in [1.165, 1.54) is 167 Å². The number of ether oxygens (including phenoxy) is 3. The topological polar surface area (TPSA) is 78.9 Å². The minimum absolute atomic E-state index is 0.0828. The lowest BCUT2D eigenvalue weighted by molar-refractivity contribution is -0.167. The van der Waals surface area contributed by atoms with Crippen LogP contribution in [0.1, 0.15) is 323 Å². The number of rotatable bonds is 60. The van der Waals surface area contributed by atoms with Gasteiger partial charge in [-0.15, -0.1) is 0 Å². The van der Waals surface area contributed by atoms with Crippen LogP contribution in [0.5, 0.6) is 0 Å². The van der Waals surface area contributed by atoms with Gasteiger partial charge in [0.2, 0.25) is 0 Å². The molecule has 0 radical (unpaired) electrons. The highest BCUT2D eigenvalue weighted by Crippen LogP contribution is 2.17. The van der Waals surface area contributed by atoms with Gasteiger partial charge in [0.25, 0.3) is 0 Å². The van der Waals surface area contributed by atoms with E-state index in [0.29, 0.717) is 19.3 Å². The van der Waals surface area contributed by atoms with E-state index < -0.39 is 6.10 Å². The molecule has 0 aromatic carbocycles. The maximum atomic E-state index is 12.9. The van der Waals surface area contributed by atoms with Gasteiger partial charge in [-0.05, 0) is 116 Å². The van der Waals surface area contributed by atoms with E-state index in [0.717, 1.165) is 116 Å². The van der Waals surface area contributed by atoms with Crippen molar-refractivity contribution in [1.82, 2.24) is 0 Å². The van der Waals surface area contributed by atoms with Crippen LogP contribution in [0.15, 0.2) is 97.2 Å². The maximum absolute atomic E-state index is 12.9. The van der Waals surface area contributed by atoms with Gasteiger partial charge in [-0.2, -0.15) is 0 Å². The van der Waals surface area contributed by atoms with Gasteiger partial charge in [-0.25, -0.2) is 0 Å². The van der Waals surface area contributed by atoms with Gasteiger partial charge in [0.1, 0.15) is 13.2 Å². The molecule has 0 saturated heterocycles. The minimum Gasteiger partial charge on any atom is -0.462 e. The number of allylic oxidation sites excluding steroid dienone is 16. The summed E-state index contributed by atoms with van der Waals surface area (Å²) in [6.45, 7) is 6.43. The Hall–Kier alpha value is -3.67. The Morgan fingerprint density at radius 2 is 0.500 bits per heavy atom. The fourth-order valence-electron chi connectivity index (χ4n) is 9.39. The Morgan fingerprint density at radius 1 is 0.269 bits per heavy atom. The third kappa shape index (κ3) is 63.2. The number of hydrogen-bond donors (Lipinski definition) is 0. The number of hydrogen-bond acceptors (Lipinski definition) is 6. The van der Waals surface area contributed by atoms with Gasteiger partial charge in [0.15, 0.2) is 6.10 Å². The molecule has 0 N–H and O–H groups in total. The fourth-order valence-corrected chi connectivity index (χ4v) is 9.39. The van der Waals surface area contributed by atoms with E-state index in [4.69, 9.17) is 14.2 Å². The van der Waals surface area contributed by atoms with E-state index in [-0.39, 0.29) is 31.1 Å². The second-order valence-electron chi connectivity index (χ2n) is 22.0. The maximum Gasteiger partial charge on any atom is 0.306 e. The van der Waals surface area contributed by atoms with Crippen LogP contribution in [0.4, 0.5) is 0 Å². The minimum atomic E-state index is -0.788. The van der Waals surface area contributed by atoms with Crippen molar-refractivity contribution in [1.29, 1.82) is 0 Å². The van der Waals surface area contributed by atoms with Crippen LogP contribution < -0.4 is 0 Å². The van der Waals surface area contributed by atoms with Crippen molar-refractivity contribution in [2.24, 2.45) is 0 Å². The molecule has 0 aliphatic carbocycles. The summed E-state index contributed by atoms with van der Waals surface area (Å²) in [7, 11) is 0. The molecule has 0 rings (SSSR count). The molecule has 6 nitrogen and oxygen atoms in total. The largest absolute Gasteiger partial charge is 0.462 e. The summed E-state index contributed by atoms with van der Waals surface area (Å²) in [5.41, 5.74) is 0. The molecule has 1 unspecified atom stereocenters. The smallest absolute Gasteiger partial charge is 0.306 e. The van der Waals surface area contributed by atoms with Crippen LogP contribution in [0, 0.1) is 0 Å². The highest BCUT2D eigenvalue weighted by atomic mass is 16.6. The molecule has 0 aromatic heterocycles. The number of esters is 3. The van der Waals surface area contributed by atoms with E-state index in [9.17, 15) is 14.4 Å². The van der Waals surface area contributed by atoms with Crippen LogP contribution >= 0.6 is 0 Å². The van der Waals surface area contributed by atoms with Crippen molar-refractivity contribution >= 4 is 17.9 Å². The molecule has 0 aliphatic rings. The Morgan fingerprint density at radius 3 is 0.795 bits per heavy atom. The van der Waals surface area contributed by atoms with E-state index >= 15 is 0 Å². The molecule has 6 heteroatoms. The summed E-state index contributed by atoms with van der Waals surface area (Å²) >= 11 is 0. The molecular weight excluding hydrogens is 961 g/mol. The first-order valence-corrected chi connectivity index (χ1v) is 33.2. The van der Waals surface area contributed by atoms with Gasteiger partial charge < -0.3 is 14.2 Å². The lowest BCUT2D eigenvalue weighted by Gasteiger charge is -2.18. The summed E-state index contributed by atoms with van der Waals surface area (Å²) in [6.07, 6.45) is 88.5. The first-order valence-electron chi connectivity index (χ1n) is 33.2. The molecule has 0 heterocycles. The van der Waals surface area contributed by atoms with Crippen molar-refractivity contribution < 1.29 is 28.6 Å². The highest BCUT2D eigenvalue weighted by Gasteiger charge is 2.19. The third-order valence-corrected chi connectivity index (χ3v) is 14.3. The van der Waals surface area contributed by atoms with E-state index in [1.807, 2.05) is 0 Å². The van der Waals surface area contributed by atoms with Crippen molar-refractivity contribution in [2.45, 2.75) is 329 Å². The van der Waals surface area contributed by atoms with E-state index in [2.05, 4.69) is 118 Å². The van der Waals surface area contributed by atoms with Gasteiger partial charge in [0, 0.05) is 19.3 Å². The average Bonchev–Trinajstić information content (AvgIpc) is 3.44. The van der Waals surface area contributed by atoms with E-state index in [1.54, 1.807) is 0 Å². The predicted molar refractivity (Wildman–Crippen MR) is 339 cm³/mol. The summed E-state index contributed by atoms with van der Waals surface area (Å²) < 4.78 is 16.9. The van der Waals surface area contributed by atoms with Crippen molar-refractivity contribution in [3.05, 3.63) is 97.2 Å². The molecule has 0 amide bonds. The quantitative estimate of drug-likeness (QED) is 0.0261. The standard InChI is InChI=1S/C72H124O6/c1-4-7-10-13-16-19-22-25-28-31-32-33-34-35-36-37-38-39-40-42-44-47-50-53-56-59-62-65-71(74)77-68-69(67-76-70(73)64-61-58-55-52-49-46-43-30-27-24-21-18-15-12-9-6-3)78-72(75)66-63-60-57-54-51-48-45-41-29-26-23-20-17-14-11-8-5-2/h7-8,10-11,16-17,19-20,25-26,28-30,32-33,43,69H,4-6,9,12-15,18,21-24,27,31,34-42,44-68H2,1-3H3/b10-7-,11-8-,19-16-,20-17-,28-25-,29-26-,33-32-,43-30-. The van der Waals surface area contributed by atoms with Crippen molar-refractivity contribution in [3.8, 4) is 0 Å². The lowest BCUT2D eigenvalue weighted by atomic mass is 10.0. The molecule has 448 valence electrons. The van der Waals surface area contributed by atoms with Crippen LogP contribution in [0.2, 0.25) is 0 Å². The van der Waals surface area contributed by atoms with Crippen LogP contribution in [-0.4, -0.2) is 37.2 Å². The number of unbranched alkanes of at least 4 members (excludes halogenated alkanes) is 33. The van der Waals surface area contributed by atoms with Gasteiger partial charge in [-0.1, -0.05) is 285 Å². The molecule has 0 spiro atoms. The molecule has 0 bridgehead atoms. The fraction of sp³-hybridized carbons (Fsp3) is 0.736. The van der Waals surface area contributed by atoms with Crippen molar-refractivity contribution in [3.63, 3.8) is 0 Å². The lowest BCUT2D eigenvalue weighted by Crippen LogP contribution is -2.30. The number of carbonyl (C=O) groups is 3. The molecule has 78 heavy (non-hydrogen) atoms. The summed E-state index contributed by atoms with van der Waals surface area (Å²) in [6, 6.07) is 0. The summed E-state index contributed by atoms with van der Waals surface area (Å²) in [5, 5.41) is 0. The van der Waals surface area contributed by atoms with Crippen LogP contribution in [-0.2, 0) is 28.6 Å². The van der Waals surface area contributed by atoms with Gasteiger partial charge in [0.05, 0.1) is 0 Å². The zero-order chi connectivity index (χ0) is 56.4. The Kier molecular flexibility index (Phi) is 62.7. The zero-order valence-electron chi connectivity index (χ0n) is 51.4. The Balaban J connectivity index is 4.31. The Bertz CT molecular complexity index is 1530. The third-order valence-electron chi connectivity index (χ3n) is 14.3. The zero-order valence-corrected chi connectivity index (χ0v) is 51.4. The molecule has 0 aromatic rings. The molecule has 0 aliphatic heterocycles. The molecule has 1 atom stereocenters. The second-order valence-corrected chi connectivity index (χ2v) is 22.0. The van der Waals surface area contributed by atoms with Crippen molar-refractivity contribution in [2.75, 3.05) is 13.2 Å². The highest BCUT2D eigenvalue weighted by molar-refractivity contribution is 5.71. The monoisotopic (exact) mass is 1080 g/mol. The van der Waals surface area contributed by atoms with Gasteiger partial charge in [-0.3, -0.25) is 14.4 Å². The Labute approximate surface area is 483 Å². The SMILES string of the molecule is CC/C=C\C/C=C\C/C=C\C/C=C\CCCCCCCCCCCCCCCCC(=O)OCC(COC(=O)CCCCCCC/C=C\CCCCCCCCC)OC(=O)CCCCCCCCC/C=C\C/C=C\C/C=C\CC. The molecule has 0 fully saturated rings. The summed E-state index contributed by atoms with van der Waals surface area (Å²) in [5.74, 6) is -0.889.